The van der Waals surface area contributed by atoms with E-state index in [1.165, 1.54) is 5.56 Å². The van der Waals surface area contributed by atoms with Crippen LogP contribution in [-0.2, 0) is 11.3 Å². The van der Waals surface area contributed by atoms with Gasteiger partial charge in [0.2, 0.25) is 0 Å². The standard InChI is InChI=1S/C24H28N4OS.C2HF3O2/c1-27(2)21-9-7-19(8-10-21)22-16-30-17-23(22)24(29)26-20-6-4-12-28(15-20)14-18-5-3-11-25-13-18;3-2(4,5)1(6)7/h3,5,7-11,13,16-17,20H,4,6,12,14-15H2,1-2H3,(H,26,29);(H,6,7). The number of carboxylic acids is 1. The van der Waals surface area contributed by atoms with Crippen LogP contribution in [0.3, 0.4) is 0 Å². The van der Waals surface area contributed by atoms with E-state index in [-0.39, 0.29) is 11.9 Å². The summed E-state index contributed by atoms with van der Waals surface area (Å²) in [7, 11) is 4.06. The first-order chi connectivity index (χ1) is 17.5. The Morgan fingerprint density at radius 1 is 1.19 bits per heavy atom. The molecule has 4 rings (SSSR count). The number of carbonyl (C=O) groups excluding carboxylic acids is 1. The van der Waals surface area contributed by atoms with Gasteiger partial charge in [0, 0.05) is 62.3 Å². The second kappa shape index (κ2) is 12.7. The van der Waals surface area contributed by atoms with E-state index in [0.717, 1.165) is 54.9 Å². The van der Waals surface area contributed by atoms with Crippen molar-refractivity contribution < 1.29 is 27.9 Å². The number of likely N-dealkylation sites (tertiary alicyclic amines) is 1. The summed E-state index contributed by atoms with van der Waals surface area (Å²) in [5.74, 6) is -2.73. The molecular weight excluding hydrogens is 505 g/mol. The molecule has 198 valence electrons. The summed E-state index contributed by atoms with van der Waals surface area (Å²) >= 11 is 1.58. The Bertz CT molecular complexity index is 1170. The summed E-state index contributed by atoms with van der Waals surface area (Å²) in [6.07, 6.45) is 0.747. The first-order valence-corrected chi connectivity index (χ1v) is 12.5. The number of rotatable bonds is 6. The molecule has 7 nitrogen and oxygen atoms in total. The number of amides is 1. The van der Waals surface area contributed by atoms with Crippen LogP contribution in [0.2, 0.25) is 0 Å². The van der Waals surface area contributed by atoms with Crippen LogP contribution >= 0.6 is 11.3 Å². The molecule has 1 aromatic carbocycles. The number of anilines is 1. The number of aliphatic carboxylic acids is 1. The van der Waals surface area contributed by atoms with Crippen LogP contribution in [-0.4, -0.2) is 66.3 Å². The zero-order valence-electron chi connectivity index (χ0n) is 20.5. The highest BCUT2D eigenvalue weighted by Crippen LogP contribution is 2.29. The Hall–Kier alpha value is -3.44. The highest BCUT2D eigenvalue weighted by molar-refractivity contribution is 7.08. The van der Waals surface area contributed by atoms with Crippen molar-refractivity contribution in [3.05, 3.63) is 70.7 Å². The van der Waals surface area contributed by atoms with Gasteiger partial charge in [-0.1, -0.05) is 18.2 Å². The predicted molar refractivity (Wildman–Crippen MR) is 138 cm³/mol. The summed E-state index contributed by atoms with van der Waals surface area (Å²) in [5, 5.41) is 14.4. The SMILES string of the molecule is CN(C)c1ccc(-c2cscc2C(=O)NC2CCCN(Cc3cccnc3)C2)cc1.O=C(O)C(F)(F)F. The Balaban J connectivity index is 0.000000479. The molecule has 37 heavy (non-hydrogen) atoms. The molecule has 0 aliphatic carbocycles. The molecular formula is C26H29F3N4O3S. The van der Waals surface area contributed by atoms with Crippen molar-refractivity contribution in [1.82, 2.24) is 15.2 Å². The normalized spacial score (nSPS) is 15.9. The number of halogens is 3. The fourth-order valence-electron chi connectivity index (χ4n) is 3.97. The number of hydrogen-bond acceptors (Lipinski definition) is 6. The molecule has 1 saturated heterocycles. The molecule has 1 aliphatic heterocycles. The van der Waals surface area contributed by atoms with Crippen molar-refractivity contribution in [3.63, 3.8) is 0 Å². The Kier molecular flexibility index (Phi) is 9.65. The van der Waals surface area contributed by atoms with E-state index in [1.807, 2.05) is 31.7 Å². The molecule has 2 N–H and O–H groups in total. The molecule has 11 heteroatoms. The maximum Gasteiger partial charge on any atom is 0.490 e. The van der Waals surface area contributed by atoms with Crippen molar-refractivity contribution in [3.8, 4) is 11.1 Å². The predicted octanol–water partition coefficient (Wildman–Crippen LogP) is 4.90. The van der Waals surface area contributed by atoms with Crippen LogP contribution in [0.15, 0.2) is 59.6 Å². The van der Waals surface area contributed by atoms with Crippen molar-refractivity contribution >= 4 is 28.9 Å². The molecule has 1 atom stereocenters. The molecule has 0 spiro atoms. The molecule has 1 aliphatic rings. The molecule has 1 amide bonds. The summed E-state index contributed by atoms with van der Waals surface area (Å²) in [5.41, 5.74) is 5.21. The van der Waals surface area contributed by atoms with E-state index in [1.54, 1.807) is 17.5 Å². The molecule has 0 radical (unpaired) electrons. The maximum absolute atomic E-state index is 13.1. The quantitative estimate of drug-likeness (QED) is 0.468. The van der Waals surface area contributed by atoms with Gasteiger partial charge >= 0.3 is 12.1 Å². The lowest BCUT2D eigenvalue weighted by Gasteiger charge is -2.33. The van der Waals surface area contributed by atoms with Gasteiger partial charge in [-0.3, -0.25) is 14.7 Å². The number of carboxylic acid groups (broad SMARTS) is 1. The van der Waals surface area contributed by atoms with Crippen LogP contribution in [0.25, 0.3) is 11.1 Å². The third-order valence-corrected chi connectivity index (χ3v) is 6.56. The third kappa shape index (κ3) is 8.29. The lowest BCUT2D eigenvalue weighted by molar-refractivity contribution is -0.192. The van der Waals surface area contributed by atoms with Gasteiger partial charge < -0.3 is 15.3 Å². The highest BCUT2D eigenvalue weighted by Gasteiger charge is 2.38. The van der Waals surface area contributed by atoms with E-state index in [0.29, 0.717) is 0 Å². The maximum atomic E-state index is 13.1. The molecule has 0 bridgehead atoms. The Morgan fingerprint density at radius 2 is 1.89 bits per heavy atom. The second-order valence-electron chi connectivity index (χ2n) is 8.85. The first kappa shape index (κ1) is 28.1. The lowest BCUT2D eigenvalue weighted by Crippen LogP contribution is -2.47. The van der Waals surface area contributed by atoms with Gasteiger partial charge in [0.1, 0.15) is 0 Å². The van der Waals surface area contributed by atoms with Gasteiger partial charge in [0.15, 0.2) is 0 Å². The smallest absolute Gasteiger partial charge is 0.475 e. The van der Waals surface area contributed by atoms with Crippen LogP contribution in [0.5, 0.6) is 0 Å². The summed E-state index contributed by atoms with van der Waals surface area (Å²) in [4.78, 5) is 30.6. The number of piperidine rings is 1. The number of alkyl halides is 3. The van der Waals surface area contributed by atoms with Gasteiger partial charge in [0.25, 0.3) is 5.91 Å². The molecule has 3 heterocycles. The van der Waals surface area contributed by atoms with E-state index in [4.69, 9.17) is 9.90 Å². The van der Waals surface area contributed by atoms with Crippen LogP contribution in [0.1, 0.15) is 28.8 Å². The van der Waals surface area contributed by atoms with E-state index in [9.17, 15) is 18.0 Å². The molecule has 1 unspecified atom stereocenters. The minimum absolute atomic E-state index is 0.0242. The van der Waals surface area contributed by atoms with Crippen LogP contribution in [0, 0.1) is 0 Å². The number of pyridine rings is 1. The van der Waals surface area contributed by atoms with Gasteiger partial charge in [-0.05, 0) is 54.1 Å². The van der Waals surface area contributed by atoms with Gasteiger partial charge in [-0.2, -0.15) is 24.5 Å². The average molecular weight is 535 g/mol. The fraction of sp³-hybridized carbons (Fsp3) is 0.346. The number of aromatic nitrogens is 1. The van der Waals surface area contributed by atoms with Crippen LogP contribution in [0.4, 0.5) is 18.9 Å². The average Bonchev–Trinajstić information content (AvgIpc) is 3.35. The number of hydrogen-bond donors (Lipinski definition) is 2. The minimum atomic E-state index is -5.08. The summed E-state index contributed by atoms with van der Waals surface area (Å²) < 4.78 is 31.7. The number of benzene rings is 1. The highest BCUT2D eigenvalue weighted by atomic mass is 32.1. The Morgan fingerprint density at radius 3 is 2.49 bits per heavy atom. The summed E-state index contributed by atoms with van der Waals surface area (Å²) in [6, 6.07) is 12.6. The summed E-state index contributed by atoms with van der Waals surface area (Å²) in [6.45, 7) is 2.81. The van der Waals surface area contributed by atoms with E-state index < -0.39 is 12.1 Å². The van der Waals surface area contributed by atoms with Gasteiger partial charge in [-0.15, -0.1) is 0 Å². The number of nitrogens with zero attached hydrogens (tertiary/aromatic N) is 3. The molecule has 2 aromatic heterocycles. The van der Waals surface area contributed by atoms with Crippen molar-refractivity contribution in [2.75, 3.05) is 32.1 Å². The van der Waals surface area contributed by atoms with E-state index >= 15 is 0 Å². The van der Waals surface area contributed by atoms with Gasteiger partial charge in [0.05, 0.1) is 5.56 Å². The van der Waals surface area contributed by atoms with Crippen molar-refractivity contribution in [2.24, 2.45) is 0 Å². The molecule has 1 fully saturated rings. The lowest BCUT2D eigenvalue weighted by atomic mass is 10.0. The van der Waals surface area contributed by atoms with E-state index in [2.05, 4.69) is 55.8 Å². The Labute approximate surface area is 217 Å². The topological polar surface area (TPSA) is 85.8 Å². The first-order valence-electron chi connectivity index (χ1n) is 11.6. The number of carbonyl (C=O) groups is 2. The second-order valence-corrected chi connectivity index (χ2v) is 9.60. The van der Waals surface area contributed by atoms with Gasteiger partial charge in [-0.25, -0.2) is 4.79 Å². The minimum Gasteiger partial charge on any atom is -0.475 e. The fourth-order valence-corrected chi connectivity index (χ4v) is 4.80. The zero-order valence-corrected chi connectivity index (χ0v) is 21.4. The number of thiophene rings is 1. The monoisotopic (exact) mass is 534 g/mol. The number of nitrogens with one attached hydrogen (secondary N) is 1. The largest absolute Gasteiger partial charge is 0.490 e. The third-order valence-electron chi connectivity index (χ3n) is 5.81. The van der Waals surface area contributed by atoms with Crippen molar-refractivity contribution in [2.45, 2.75) is 31.6 Å². The van der Waals surface area contributed by atoms with Crippen LogP contribution < -0.4 is 10.2 Å². The molecule has 0 saturated carbocycles. The molecule has 3 aromatic rings. The zero-order chi connectivity index (χ0) is 27.0. The van der Waals surface area contributed by atoms with Crippen molar-refractivity contribution in [1.29, 1.82) is 0 Å².